The van der Waals surface area contributed by atoms with E-state index >= 15 is 0 Å². The van der Waals surface area contributed by atoms with E-state index in [-0.39, 0.29) is 17.8 Å². The van der Waals surface area contributed by atoms with Gasteiger partial charge in [-0.2, -0.15) is 0 Å². The summed E-state index contributed by atoms with van der Waals surface area (Å²) in [6.45, 7) is 4.61. The molecule has 1 aromatic rings. The van der Waals surface area contributed by atoms with E-state index < -0.39 is 0 Å². The highest BCUT2D eigenvalue weighted by molar-refractivity contribution is 7.12. The van der Waals surface area contributed by atoms with Gasteiger partial charge in [-0.25, -0.2) is 0 Å². The molecular weight excluding hydrogens is 196 g/mol. The number of Topliss-reactive ketones (excluding diaryl/α,β-unsaturated/α-hetero) is 1. The normalized spacial score (nSPS) is 26.7. The van der Waals surface area contributed by atoms with Crippen molar-refractivity contribution in [1.82, 2.24) is 0 Å². The number of hydrogen-bond acceptors (Lipinski definition) is 3. The fourth-order valence-electron chi connectivity index (χ4n) is 1.81. The van der Waals surface area contributed by atoms with Crippen LogP contribution in [0.3, 0.4) is 0 Å². The second-order valence-electron chi connectivity index (χ2n) is 3.87. The average molecular weight is 210 g/mol. The minimum absolute atomic E-state index is 0.0855. The summed E-state index contributed by atoms with van der Waals surface area (Å²) in [5.41, 5.74) is 1.10. The third-order valence-corrected chi connectivity index (χ3v) is 3.69. The number of thiophene rings is 1. The van der Waals surface area contributed by atoms with E-state index in [0.29, 0.717) is 6.61 Å². The molecule has 2 rings (SSSR count). The summed E-state index contributed by atoms with van der Waals surface area (Å²) in [6, 6.07) is 2.00. The Morgan fingerprint density at radius 3 is 2.93 bits per heavy atom. The molecule has 2 nitrogen and oxygen atoms in total. The maximum absolute atomic E-state index is 12.0. The molecule has 1 fully saturated rings. The lowest BCUT2D eigenvalue weighted by Crippen LogP contribution is -2.14. The van der Waals surface area contributed by atoms with Gasteiger partial charge in [-0.05, 0) is 37.3 Å². The molecular formula is C11H14O2S. The summed E-state index contributed by atoms with van der Waals surface area (Å²) in [6.07, 6.45) is 1.11. The first-order valence-electron chi connectivity index (χ1n) is 4.88. The van der Waals surface area contributed by atoms with Gasteiger partial charge in [0.25, 0.3) is 0 Å². The molecule has 0 radical (unpaired) electrons. The second kappa shape index (κ2) is 3.83. The van der Waals surface area contributed by atoms with Crippen LogP contribution in [-0.2, 0) is 4.74 Å². The maximum Gasteiger partial charge on any atom is 0.178 e. The third kappa shape index (κ3) is 1.74. The van der Waals surface area contributed by atoms with Crippen molar-refractivity contribution in [3.63, 3.8) is 0 Å². The van der Waals surface area contributed by atoms with E-state index in [0.717, 1.165) is 16.9 Å². The quantitative estimate of drug-likeness (QED) is 0.701. The first-order chi connectivity index (χ1) is 6.68. The molecule has 0 aliphatic carbocycles. The Bertz CT molecular complexity index is 343. The fraction of sp³-hybridized carbons (Fsp3) is 0.545. The highest BCUT2D eigenvalue weighted by Gasteiger charge is 2.30. The molecule has 1 aliphatic rings. The molecule has 2 heterocycles. The van der Waals surface area contributed by atoms with Gasteiger partial charge in [0.15, 0.2) is 5.78 Å². The van der Waals surface area contributed by atoms with Gasteiger partial charge in [0, 0.05) is 5.92 Å². The van der Waals surface area contributed by atoms with Crippen molar-refractivity contribution in [1.29, 1.82) is 0 Å². The van der Waals surface area contributed by atoms with Crippen LogP contribution in [0, 0.1) is 12.8 Å². The zero-order valence-electron chi connectivity index (χ0n) is 8.45. The number of ketones is 1. The van der Waals surface area contributed by atoms with Gasteiger partial charge in [0.05, 0.1) is 17.6 Å². The van der Waals surface area contributed by atoms with Crippen molar-refractivity contribution >= 4 is 17.1 Å². The van der Waals surface area contributed by atoms with Crippen molar-refractivity contribution in [2.45, 2.75) is 26.4 Å². The second-order valence-corrected chi connectivity index (χ2v) is 4.79. The SMILES string of the molecule is Cc1ccsc1C(=O)C1COC(C)C1. The molecule has 3 heteroatoms. The standard InChI is InChI=1S/C11H14O2S/c1-7-3-4-14-11(7)10(12)9-5-8(2)13-6-9/h3-4,8-9H,5-6H2,1-2H3. The van der Waals surface area contributed by atoms with Crippen molar-refractivity contribution in [2.75, 3.05) is 6.61 Å². The minimum Gasteiger partial charge on any atom is -0.378 e. The topological polar surface area (TPSA) is 26.3 Å². The van der Waals surface area contributed by atoms with Crippen molar-refractivity contribution in [3.8, 4) is 0 Å². The fourth-order valence-corrected chi connectivity index (χ4v) is 2.76. The highest BCUT2D eigenvalue weighted by atomic mass is 32.1. The molecule has 0 amide bonds. The lowest BCUT2D eigenvalue weighted by atomic mass is 9.98. The Morgan fingerprint density at radius 1 is 1.64 bits per heavy atom. The predicted molar refractivity (Wildman–Crippen MR) is 56.9 cm³/mol. The Morgan fingerprint density at radius 2 is 2.43 bits per heavy atom. The first kappa shape index (κ1) is 9.87. The largest absolute Gasteiger partial charge is 0.378 e. The molecule has 14 heavy (non-hydrogen) atoms. The van der Waals surface area contributed by atoms with Crippen LogP contribution in [-0.4, -0.2) is 18.5 Å². The van der Waals surface area contributed by atoms with E-state index in [1.165, 1.54) is 0 Å². The number of carbonyl (C=O) groups excluding carboxylic acids is 1. The zero-order valence-corrected chi connectivity index (χ0v) is 9.26. The molecule has 0 bridgehead atoms. The van der Waals surface area contributed by atoms with Crippen LogP contribution in [0.1, 0.15) is 28.6 Å². The van der Waals surface area contributed by atoms with Gasteiger partial charge in [-0.1, -0.05) is 0 Å². The van der Waals surface area contributed by atoms with E-state index in [1.807, 2.05) is 25.3 Å². The molecule has 0 saturated carbocycles. The van der Waals surface area contributed by atoms with Crippen LogP contribution in [0.2, 0.25) is 0 Å². The van der Waals surface area contributed by atoms with E-state index in [2.05, 4.69) is 0 Å². The molecule has 0 spiro atoms. The van der Waals surface area contributed by atoms with Gasteiger partial charge in [0.1, 0.15) is 0 Å². The Kier molecular flexibility index (Phi) is 2.70. The number of ether oxygens (including phenoxy) is 1. The van der Waals surface area contributed by atoms with Crippen molar-refractivity contribution < 1.29 is 9.53 Å². The van der Waals surface area contributed by atoms with Gasteiger partial charge in [-0.15, -0.1) is 11.3 Å². The molecule has 1 saturated heterocycles. The summed E-state index contributed by atoms with van der Waals surface area (Å²) in [4.78, 5) is 12.9. The van der Waals surface area contributed by atoms with Crippen LogP contribution in [0.5, 0.6) is 0 Å². The molecule has 1 aromatic heterocycles. The molecule has 2 unspecified atom stereocenters. The molecule has 76 valence electrons. The van der Waals surface area contributed by atoms with Crippen molar-refractivity contribution in [3.05, 3.63) is 21.9 Å². The predicted octanol–water partition coefficient (Wildman–Crippen LogP) is 2.66. The van der Waals surface area contributed by atoms with Gasteiger partial charge >= 0.3 is 0 Å². The summed E-state index contributed by atoms with van der Waals surface area (Å²) >= 11 is 1.54. The molecule has 0 aromatic carbocycles. The van der Waals surface area contributed by atoms with Crippen LogP contribution in [0.25, 0.3) is 0 Å². The third-order valence-electron chi connectivity index (χ3n) is 2.66. The molecule has 2 atom stereocenters. The van der Waals surface area contributed by atoms with Crippen LogP contribution in [0.4, 0.5) is 0 Å². The van der Waals surface area contributed by atoms with Gasteiger partial charge in [0.2, 0.25) is 0 Å². The average Bonchev–Trinajstić information content (AvgIpc) is 2.73. The number of aryl methyl sites for hydroxylation is 1. The Balaban J connectivity index is 2.13. The summed E-state index contributed by atoms with van der Waals surface area (Å²) in [5, 5.41) is 1.97. The van der Waals surface area contributed by atoms with E-state index in [4.69, 9.17) is 4.74 Å². The number of hydrogen-bond donors (Lipinski definition) is 0. The van der Waals surface area contributed by atoms with Gasteiger partial charge in [-0.3, -0.25) is 4.79 Å². The van der Waals surface area contributed by atoms with E-state index in [1.54, 1.807) is 11.3 Å². The smallest absolute Gasteiger partial charge is 0.178 e. The van der Waals surface area contributed by atoms with E-state index in [9.17, 15) is 4.79 Å². The summed E-state index contributed by atoms with van der Waals surface area (Å²) < 4.78 is 5.41. The van der Waals surface area contributed by atoms with Gasteiger partial charge < -0.3 is 4.74 Å². The Hall–Kier alpha value is -0.670. The Labute approximate surface area is 87.9 Å². The lowest BCUT2D eigenvalue weighted by molar-refractivity contribution is 0.0881. The number of carbonyl (C=O) groups is 1. The summed E-state index contributed by atoms with van der Waals surface area (Å²) in [7, 11) is 0. The molecule has 1 aliphatic heterocycles. The van der Waals surface area contributed by atoms with Crippen LogP contribution >= 0.6 is 11.3 Å². The zero-order chi connectivity index (χ0) is 10.1. The monoisotopic (exact) mass is 210 g/mol. The van der Waals surface area contributed by atoms with Crippen molar-refractivity contribution in [2.24, 2.45) is 5.92 Å². The first-order valence-corrected chi connectivity index (χ1v) is 5.76. The lowest BCUT2D eigenvalue weighted by Gasteiger charge is -2.05. The number of rotatable bonds is 2. The van der Waals surface area contributed by atoms with Crippen LogP contribution < -0.4 is 0 Å². The highest BCUT2D eigenvalue weighted by Crippen LogP contribution is 2.26. The summed E-state index contributed by atoms with van der Waals surface area (Å²) in [5.74, 6) is 0.351. The van der Waals surface area contributed by atoms with Crippen LogP contribution in [0.15, 0.2) is 11.4 Å². The molecule has 0 N–H and O–H groups in total. The maximum atomic E-state index is 12.0. The minimum atomic E-state index is 0.0855.